The Morgan fingerprint density at radius 1 is 0.833 bits per heavy atom. The Labute approximate surface area is 93.7 Å². The number of methoxy groups -OCH3 is 1. The molecule has 0 aromatic carbocycles. The van der Waals surface area contributed by atoms with Crippen LogP contribution in [0.5, 0.6) is 0 Å². The Hall–Kier alpha value is -0.720. The minimum atomic E-state index is -7.56. The lowest BCUT2D eigenvalue weighted by Crippen LogP contribution is -2.64. The van der Waals surface area contributed by atoms with E-state index in [4.69, 9.17) is 0 Å². The van der Waals surface area contributed by atoms with Crippen LogP contribution in [-0.2, 0) is 15.0 Å². The summed E-state index contributed by atoms with van der Waals surface area (Å²) in [6.45, 7) is 0. The first-order valence-corrected chi connectivity index (χ1v) is 4.95. The van der Waals surface area contributed by atoms with E-state index >= 15 is 0 Å². The lowest BCUT2D eigenvalue weighted by molar-refractivity contribution is -0.412. The van der Waals surface area contributed by atoms with Crippen LogP contribution in [0.1, 0.15) is 0 Å². The van der Waals surface area contributed by atoms with Crippen LogP contribution >= 0.6 is 0 Å². The molecule has 18 heavy (non-hydrogen) atoms. The summed E-state index contributed by atoms with van der Waals surface area (Å²) >= 11 is 0. The summed E-state index contributed by atoms with van der Waals surface area (Å²) in [6.07, 6.45) is -6.15. The fourth-order valence-corrected chi connectivity index (χ4v) is 1.08. The molecule has 0 N–H and O–H groups in total. The van der Waals surface area contributed by atoms with Gasteiger partial charge in [-0.3, -0.25) is 0 Å². The molecule has 0 bridgehead atoms. The summed E-state index contributed by atoms with van der Waals surface area (Å²) in [6, 6.07) is 0. The number of rotatable bonds is 5. The minimum absolute atomic E-state index is 0.230. The Kier molecular flexibility index (Phi) is 3.98. The van der Waals surface area contributed by atoms with Gasteiger partial charge in [-0.25, -0.2) is 0 Å². The smallest absolute Gasteiger partial charge is 0.319 e. The van der Waals surface area contributed by atoms with Crippen LogP contribution in [0.15, 0.2) is 0 Å². The van der Waals surface area contributed by atoms with Crippen LogP contribution < -0.4 is 0 Å². The molecule has 0 heterocycles. The molecule has 0 spiro atoms. The van der Waals surface area contributed by atoms with Crippen molar-refractivity contribution in [2.45, 2.75) is 23.2 Å². The van der Waals surface area contributed by atoms with Crippen LogP contribution in [0.2, 0.25) is 0 Å². The Morgan fingerprint density at radius 2 is 1.17 bits per heavy atom. The van der Waals surface area contributed by atoms with Gasteiger partial charge in [0.15, 0.2) is 0 Å². The van der Waals surface area contributed by atoms with Crippen molar-refractivity contribution in [1.82, 2.24) is 0 Å². The fraction of sp³-hybridized carbons (Fsp3) is 1.00. The second-order valence-corrected chi connectivity index (χ2v) is 4.21. The van der Waals surface area contributed by atoms with Gasteiger partial charge in [0.25, 0.3) is 0 Å². The van der Waals surface area contributed by atoms with E-state index in [2.05, 4.69) is 4.74 Å². The first-order chi connectivity index (χ1) is 7.56. The third-order valence-electron chi connectivity index (χ3n) is 1.69. The SMILES string of the molecule is COC(F)(F)C(F)(F)C(F)(F)C(F)(F)S(=O)(=O)F. The van der Waals surface area contributed by atoms with E-state index in [-0.39, 0.29) is 7.11 Å². The Morgan fingerprint density at radius 3 is 1.39 bits per heavy atom. The van der Waals surface area contributed by atoms with Gasteiger partial charge >= 0.3 is 33.4 Å². The van der Waals surface area contributed by atoms with Gasteiger partial charge in [-0.2, -0.15) is 43.5 Å². The van der Waals surface area contributed by atoms with Crippen molar-refractivity contribution in [3.05, 3.63) is 0 Å². The van der Waals surface area contributed by atoms with Gasteiger partial charge in [-0.1, -0.05) is 3.89 Å². The summed E-state index contributed by atoms with van der Waals surface area (Å²) in [5.74, 6) is -14.2. The van der Waals surface area contributed by atoms with Crippen molar-refractivity contribution in [2.24, 2.45) is 0 Å². The summed E-state index contributed by atoms with van der Waals surface area (Å²) in [5.41, 5.74) is 0. The van der Waals surface area contributed by atoms with Crippen LogP contribution in [0.25, 0.3) is 0 Å². The van der Waals surface area contributed by atoms with Gasteiger partial charge in [0.1, 0.15) is 0 Å². The van der Waals surface area contributed by atoms with Gasteiger partial charge in [0, 0.05) is 7.11 Å². The van der Waals surface area contributed by atoms with E-state index in [1.807, 2.05) is 0 Å². The Bertz CT molecular complexity index is 414. The highest BCUT2D eigenvalue weighted by molar-refractivity contribution is 7.87. The Balaban J connectivity index is 5.96. The van der Waals surface area contributed by atoms with Crippen LogP contribution in [-0.4, -0.2) is 38.7 Å². The van der Waals surface area contributed by atoms with Gasteiger partial charge < -0.3 is 4.74 Å². The third kappa shape index (κ3) is 2.13. The van der Waals surface area contributed by atoms with Crippen molar-refractivity contribution in [3.8, 4) is 0 Å². The normalized spacial score (nSPS) is 15.9. The molecule has 0 unspecified atom stereocenters. The fourth-order valence-electron chi connectivity index (χ4n) is 0.647. The van der Waals surface area contributed by atoms with Crippen molar-refractivity contribution < 1.29 is 52.2 Å². The molecule has 0 aromatic heterocycles. The predicted octanol–water partition coefficient (Wildman–Crippen LogP) is 2.39. The molecule has 0 aromatic rings. The number of alkyl halides is 8. The van der Waals surface area contributed by atoms with Crippen molar-refractivity contribution >= 4 is 10.2 Å². The molecule has 0 aliphatic heterocycles. The molecule has 0 rings (SSSR count). The minimum Gasteiger partial charge on any atom is -0.319 e. The van der Waals surface area contributed by atoms with E-state index in [1.54, 1.807) is 0 Å². The van der Waals surface area contributed by atoms with E-state index in [9.17, 15) is 47.4 Å². The van der Waals surface area contributed by atoms with Crippen LogP contribution in [0.4, 0.5) is 39.0 Å². The maximum atomic E-state index is 12.5. The number of hydrogen-bond donors (Lipinski definition) is 0. The zero-order chi connectivity index (χ0) is 15.2. The zero-order valence-corrected chi connectivity index (χ0v) is 8.85. The summed E-state index contributed by atoms with van der Waals surface area (Å²) in [4.78, 5) is 0. The first kappa shape index (κ1) is 17.3. The quantitative estimate of drug-likeness (QED) is 0.578. The maximum Gasteiger partial charge on any atom is 0.442 e. The lowest BCUT2D eigenvalue weighted by atomic mass is 10.1. The monoisotopic (exact) mass is 314 g/mol. The van der Waals surface area contributed by atoms with Gasteiger partial charge in [-0.15, -0.1) is 0 Å². The molecule has 13 heteroatoms. The van der Waals surface area contributed by atoms with E-state index < -0.39 is 33.4 Å². The zero-order valence-electron chi connectivity index (χ0n) is 8.03. The van der Waals surface area contributed by atoms with Gasteiger partial charge in [-0.05, 0) is 0 Å². The topological polar surface area (TPSA) is 43.4 Å². The van der Waals surface area contributed by atoms with E-state index in [0.717, 1.165) is 0 Å². The van der Waals surface area contributed by atoms with E-state index in [0.29, 0.717) is 0 Å². The largest absolute Gasteiger partial charge is 0.442 e. The van der Waals surface area contributed by atoms with Crippen molar-refractivity contribution in [3.63, 3.8) is 0 Å². The lowest BCUT2D eigenvalue weighted by Gasteiger charge is -2.33. The highest BCUT2D eigenvalue weighted by Gasteiger charge is 2.85. The molecule has 110 valence electrons. The third-order valence-corrected chi connectivity index (χ3v) is 2.56. The predicted molar refractivity (Wildman–Crippen MR) is 36.8 cm³/mol. The average Bonchev–Trinajstić information content (AvgIpc) is 2.15. The molecule has 0 fully saturated rings. The first-order valence-electron chi connectivity index (χ1n) is 3.57. The molecule has 0 amide bonds. The second kappa shape index (κ2) is 4.15. The number of halogens is 9. The molecule has 0 saturated heterocycles. The highest BCUT2D eigenvalue weighted by atomic mass is 32.3. The standard InChI is InChI=1S/C5H3F9O3S/c1-17-4(10,11)2(6,7)3(8,9)5(12,13)18(14,15)16/h1H3. The highest BCUT2D eigenvalue weighted by Crippen LogP contribution is 2.54. The molecule has 0 radical (unpaired) electrons. The molecular weight excluding hydrogens is 311 g/mol. The maximum absolute atomic E-state index is 12.5. The van der Waals surface area contributed by atoms with Crippen molar-refractivity contribution in [1.29, 1.82) is 0 Å². The van der Waals surface area contributed by atoms with Gasteiger partial charge in [0.2, 0.25) is 0 Å². The molecule has 0 atom stereocenters. The second-order valence-electron chi connectivity index (χ2n) is 2.82. The summed E-state index contributed by atoms with van der Waals surface area (Å²) in [5, 5.41) is -7.06. The number of hydrogen-bond acceptors (Lipinski definition) is 3. The molecule has 0 aliphatic carbocycles. The molecule has 3 nitrogen and oxygen atoms in total. The summed E-state index contributed by atoms with van der Waals surface area (Å²) < 4.78 is 133. The molecule has 0 aliphatic rings. The van der Waals surface area contributed by atoms with E-state index in [1.165, 1.54) is 0 Å². The van der Waals surface area contributed by atoms with Gasteiger partial charge in [0.05, 0.1) is 0 Å². The van der Waals surface area contributed by atoms with Crippen molar-refractivity contribution in [2.75, 3.05) is 7.11 Å². The van der Waals surface area contributed by atoms with Crippen LogP contribution in [0, 0.1) is 0 Å². The van der Waals surface area contributed by atoms with Crippen LogP contribution in [0.3, 0.4) is 0 Å². The molecule has 0 saturated carbocycles. The summed E-state index contributed by atoms with van der Waals surface area (Å²) in [7, 11) is -7.79. The average molecular weight is 314 g/mol. The number of ether oxygens (including phenoxy) is 1. The molecular formula is C5H3F9O3S.